The summed E-state index contributed by atoms with van der Waals surface area (Å²) in [5.41, 5.74) is 1.56. The van der Waals surface area contributed by atoms with E-state index in [0.717, 1.165) is 5.56 Å². The maximum absolute atomic E-state index is 12.0. The van der Waals surface area contributed by atoms with Gasteiger partial charge in [-0.15, -0.1) is 0 Å². The molecule has 2 N–H and O–H groups in total. The highest BCUT2D eigenvalue weighted by Crippen LogP contribution is 2.12. The Labute approximate surface area is 128 Å². The molecule has 2 aromatic carbocycles. The van der Waals surface area contributed by atoms with E-state index < -0.39 is 5.97 Å². The molecule has 0 fully saturated rings. The van der Waals surface area contributed by atoms with E-state index in [2.05, 4.69) is 5.32 Å². The minimum Gasteiger partial charge on any atom is -0.493 e. The summed E-state index contributed by atoms with van der Waals surface area (Å²) in [6.45, 7) is 0.575. The van der Waals surface area contributed by atoms with Crippen molar-refractivity contribution in [1.82, 2.24) is 5.32 Å². The van der Waals surface area contributed by atoms with E-state index in [1.807, 2.05) is 30.3 Å². The molecular weight excluding hydrogens is 282 g/mol. The number of aliphatic carboxylic acids is 1. The molecular formula is C17H17NO4. The third-order valence-electron chi connectivity index (χ3n) is 3.00. The number of carbonyl (C=O) groups excluding carboxylic acids is 1. The van der Waals surface area contributed by atoms with Crippen molar-refractivity contribution in [3.05, 3.63) is 65.7 Å². The highest BCUT2D eigenvalue weighted by molar-refractivity contribution is 5.94. The fourth-order valence-corrected chi connectivity index (χ4v) is 1.84. The van der Waals surface area contributed by atoms with Crippen LogP contribution < -0.4 is 10.1 Å². The third kappa shape index (κ3) is 4.94. The van der Waals surface area contributed by atoms with Crippen LogP contribution in [0.15, 0.2) is 54.6 Å². The first-order valence-corrected chi connectivity index (χ1v) is 6.92. The van der Waals surface area contributed by atoms with Crippen molar-refractivity contribution < 1.29 is 19.4 Å². The van der Waals surface area contributed by atoms with Crippen LogP contribution in [0.2, 0.25) is 0 Å². The number of carboxylic acids is 1. The van der Waals surface area contributed by atoms with Crippen LogP contribution >= 0.6 is 0 Å². The van der Waals surface area contributed by atoms with Gasteiger partial charge in [0.1, 0.15) is 5.75 Å². The lowest BCUT2D eigenvalue weighted by molar-refractivity contribution is -0.137. The van der Waals surface area contributed by atoms with Crippen LogP contribution in [-0.4, -0.2) is 23.6 Å². The molecule has 0 radical (unpaired) electrons. The topological polar surface area (TPSA) is 75.6 Å². The highest BCUT2D eigenvalue weighted by Gasteiger charge is 2.05. The van der Waals surface area contributed by atoms with Crippen molar-refractivity contribution in [3.8, 4) is 5.75 Å². The number of nitrogens with one attached hydrogen (secondary N) is 1. The Bertz CT molecular complexity index is 623. The van der Waals surface area contributed by atoms with Gasteiger partial charge in [-0.2, -0.15) is 0 Å². The van der Waals surface area contributed by atoms with Crippen molar-refractivity contribution in [2.24, 2.45) is 0 Å². The lowest BCUT2D eigenvalue weighted by atomic mass is 10.2. The van der Waals surface area contributed by atoms with Crippen LogP contribution in [0.5, 0.6) is 5.75 Å². The molecule has 0 unspecified atom stereocenters. The summed E-state index contributed by atoms with van der Waals surface area (Å²) in [4.78, 5) is 22.4. The quantitative estimate of drug-likeness (QED) is 0.823. The standard InChI is InChI=1S/C17H17NO4/c19-16(20)10-11-22-15-8-6-14(7-9-15)17(21)18-12-13-4-2-1-3-5-13/h1-9H,10-12H2,(H,18,21)(H,19,20). The molecule has 2 aromatic rings. The molecule has 0 atom stereocenters. The summed E-state index contributed by atoms with van der Waals surface area (Å²) in [5.74, 6) is -0.529. The smallest absolute Gasteiger partial charge is 0.306 e. The molecule has 22 heavy (non-hydrogen) atoms. The second kappa shape index (κ2) is 7.83. The van der Waals surface area contributed by atoms with E-state index in [-0.39, 0.29) is 18.9 Å². The first-order valence-electron chi connectivity index (χ1n) is 6.92. The lowest BCUT2D eigenvalue weighted by Crippen LogP contribution is -2.22. The van der Waals surface area contributed by atoms with E-state index in [9.17, 15) is 9.59 Å². The average Bonchev–Trinajstić information content (AvgIpc) is 2.54. The number of carbonyl (C=O) groups is 2. The Hall–Kier alpha value is -2.82. The number of carboxylic acid groups (broad SMARTS) is 1. The predicted molar refractivity (Wildman–Crippen MR) is 81.8 cm³/mol. The molecule has 0 bridgehead atoms. The minimum absolute atomic E-state index is 0.0562. The predicted octanol–water partition coefficient (Wildman–Crippen LogP) is 2.47. The first-order chi connectivity index (χ1) is 10.6. The number of hydrogen-bond donors (Lipinski definition) is 2. The van der Waals surface area contributed by atoms with Gasteiger partial charge in [0.2, 0.25) is 0 Å². The second-order valence-corrected chi connectivity index (χ2v) is 4.68. The number of ether oxygens (including phenoxy) is 1. The van der Waals surface area contributed by atoms with E-state index in [1.54, 1.807) is 24.3 Å². The van der Waals surface area contributed by atoms with Gasteiger partial charge in [0.15, 0.2) is 0 Å². The maximum Gasteiger partial charge on any atom is 0.306 e. The van der Waals surface area contributed by atoms with Crippen LogP contribution in [-0.2, 0) is 11.3 Å². The van der Waals surface area contributed by atoms with Crippen LogP contribution in [0.25, 0.3) is 0 Å². The van der Waals surface area contributed by atoms with Crippen molar-refractivity contribution in [3.63, 3.8) is 0 Å². The molecule has 0 heterocycles. The number of rotatable bonds is 7. The van der Waals surface area contributed by atoms with Gasteiger partial charge >= 0.3 is 5.97 Å². The Morgan fingerprint density at radius 2 is 1.68 bits per heavy atom. The molecule has 114 valence electrons. The summed E-state index contributed by atoms with van der Waals surface area (Å²) >= 11 is 0. The van der Waals surface area contributed by atoms with Gasteiger partial charge in [-0.25, -0.2) is 0 Å². The van der Waals surface area contributed by atoms with E-state index in [0.29, 0.717) is 17.9 Å². The Kier molecular flexibility index (Phi) is 5.54. The monoisotopic (exact) mass is 299 g/mol. The van der Waals surface area contributed by atoms with Crippen molar-refractivity contribution in [1.29, 1.82) is 0 Å². The molecule has 0 saturated heterocycles. The van der Waals surface area contributed by atoms with Gasteiger partial charge in [0.05, 0.1) is 13.0 Å². The van der Waals surface area contributed by atoms with Crippen molar-refractivity contribution in [2.75, 3.05) is 6.61 Å². The van der Waals surface area contributed by atoms with Gasteiger partial charge < -0.3 is 15.2 Å². The molecule has 0 aliphatic heterocycles. The fraction of sp³-hybridized carbons (Fsp3) is 0.176. The minimum atomic E-state index is -0.906. The zero-order chi connectivity index (χ0) is 15.8. The van der Waals surface area contributed by atoms with Gasteiger partial charge in [-0.1, -0.05) is 30.3 Å². The molecule has 0 spiro atoms. The van der Waals surface area contributed by atoms with Crippen molar-refractivity contribution in [2.45, 2.75) is 13.0 Å². The summed E-state index contributed by atoms with van der Waals surface area (Å²) in [5, 5.41) is 11.4. The van der Waals surface area contributed by atoms with Gasteiger partial charge in [-0.3, -0.25) is 9.59 Å². The summed E-state index contributed by atoms with van der Waals surface area (Å²) in [6, 6.07) is 16.3. The summed E-state index contributed by atoms with van der Waals surface area (Å²) < 4.78 is 5.27. The zero-order valence-electron chi connectivity index (χ0n) is 12.0. The molecule has 0 aliphatic rings. The van der Waals surface area contributed by atoms with E-state index in [4.69, 9.17) is 9.84 Å². The van der Waals surface area contributed by atoms with Crippen LogP contribution in [0.3, 0.4) is 0 Å². The van der Waals surface area contributed by atoms with E-state index in [1.165, 1.54) is 0 Å². The van der Waals surface area contributed by atoms with Crippen LogP contribution in [0, 0.1) is 0 Å². The zero-order valence-corrected chi connectivity index (χ0v) is 12.0. The number of hydrogen-bond acceptors (Lipinski definition) is 3. The molecule has 5 heteroatoms. The molecule has 2 rings (SSSR count). The summed E-state index contributed by atoms with van der Waals surface area (Å²) in [6.07, 6.45) is -0.0562. The SMILES string of the molecule is O=C(O)CCOc1ccc(C(=O)NCc2ccccc2)cc1. The summed E-state index contributed by atoms with van der Waals surface area (Å²) in [7, 11) is 0. The van der Waals surface area contributed by atoms with Crippen molar-refractivity contribution >= 4 is 11.9 Å². The van der Waals surface area contributed by atoms with Gasteiger partial charge in [0, 0.05) is 12.1 Å². The van der Waals surface area contributed by atoms with E-state index >= 15 is 0 Å². The molecule has 5 nitrogen and oxygen atoms in total. The first kappa shape index (κ1) is 15.6. The Balaban J connectivity index is 1.84. The maximum atomic E-state index is 12.0. The highest BCUT2D eigenvalue weighted by atomic mass is 16.5. The van der Waals surface area contributed by atoms with Gasteiger partial charge in [0.25, 0.3) is 5.91 Å². The normalized spacial score (nSPS) is 10.0. The molecule has 0 aliphatic carbocycles. The van der Waals surface area contributed by atoms with Gasteiger partial charge in [-0.05, 0) is 29.8 Å². The van der Waals surface area contributed by atoms with Crippen LogP contribution in [0.4, 0.5) is 0 Å². The Morgan fingerprint density at radius 1 is 1.00 bits per heavy atom. The molecule has 0 saturated carbocycles. The number of amides is 1. The van der Waals surface area contributed by atoms with Crippen LogP contribution in [0.1, 0.15) is 22.3 Å². The number of benzene rings is 2. The largest absolute Gasteiger partial charge is 0.493 e. The third-order valence-corrected chi connectivity index (χ3v) is 3.00. The average molecular weight is 299 g/mol. The molecule has 0 aromatic heterocycles. The fourth-order valence-electron chi connectivity index (χ4n) is 1.84. The Morgan fingerprint density at radius 3 is 2.32 bits per heavy atom. The lowest BCUT2D eigenvalue weighted by Gasteiger charge is -2.07. The second-order valence-electron chi connectivity index (χ2n) is 4.68. The molecule has 1 amide bonds.